The van der Waals surface area contributed by atoms with Crippen molar-refractivity contribution in [1.29, 1.82) is 0 Å². The van der Waals surface area contributed by atoms with Crippen LogP contribution >= 0.6 is 11.6 Å². The van der Waals surface area contributed by atoms with Gasteiger partial charge in [0.1, 0.15) is 5.82 Å². The van der Waals surface area contributed by atoms with Gasteiger partial charge in [0.15, 0.2) is 0 Å². The summed E-state index contributed by atoms with van der Waals surface area (Å²) in [6, 6.07) is 6.19. The van der Waals surface area contributed by atoms with Gasteiger partial charge in [0.2, 0.25) is 5.92 Å². The molecule has 0 heterocycles. The molecule has 1 aromatic carbocycles. The van der Waals surface area contributed by atoms with Crippen LogP contribution < -0.4 is 0 Å². The number of benzene rings is 1. The summed E-state index contributed by atoms with van der Waals surface area (Å²) in [6.07, 6.45) is 1.43. The van der Waals surface area contributed by atoms with Gasteiger partial charge in [-0.25, -0.2) is 13.2 Å². The van der Waals surface area contributed by atoms with Crippen LogP contribution in [0.5, 0.6) is 0 Å². The lowest BCUT2D eigenvalue weighted by atomic mass is 9.83. The average molecular weight is 277 g/mol. The third-order valence-electron chi connectivity index (χ3n) is 3.62. The zero-order chi connectivity index (χ0) is 13.2. The molecular formula is C14H16ClF3. The van der Waals surface area contributed by atoms with Gasteiger partial charge in [0, 0.05) is 18.2 Å². The summed E-state index contributed by atoms with van der Waals surface area (Å²) >= 11 is 6.29. The van der Waals surface area contributed by atoms with E-state index in [9.17, 15) is 13.2 Å². The van der Waals surface area contributed by atoms with Gasteiger partial charge in [-0.15, -0.1) is 11.6 Å². The second-order valence-electron chi connectivity index (χ2n) is 5.04. The number of rotatable bonds is 3. The van der Waals surface area contributed by atoms with E-state index < -0.39 is 5.92 Å². The van der Waals surface area contributed by atoms with Crippen molar-refractivity contribution in [3.8, 4) is 0 Å². The lowest BCUT2D eigenvalue weighted by Gasteiger charge is -2.31. The van der Waals surface area contributed by atoms with E-state index in [4.69, 9.17) is 11.6 Å². The summed E-state index contributed by atoms with van der Waals surface area (Å²) in [4.78, 5) is 0. The molecule has 1 atom stereocenters. The van der Waals surface area contributed by atoms with Gasteiger partial charge in [-0.3, -0.25) is 0 Å². The Balaban J connectivity index is 1.89. The highest BCUT2D eigenvalue weighted by atomic mass is 35.5. The van der Waals surface area contributed by atoms with Crippen molar-refractivity contribution in [2.24, 2.45) is 5.92 Å². The van der Waals surface area contributed by atoms with Crippen LogP contribution in [0.15, 0.2) is 24.3 Å². The van der Waals surface area contributed by atoms with E-state index in [-0.39, 0.29) is 30.0 Å². The van der Waals surface area contributed by atoms with Gasteiger partial charge in [-0.05, 0) is 42.9 Å². The molecule has 18 heavy (non-hydrogen) atoms. The van der Waals surface area contributed by atoms with Crippen LogP contribution in [0.3, 0.4) is 0 Å². The molecule has 1 saturated carbocycles. The van der Waals surface area contributed by atoms with Gasteiger partial charge < -0.3 is 0 Å². The van der Waals surface area contributed by atoms with Crippen LogP contribution in [0.2, 0.25) is 0 Å². The van der Waals surface area contributed by atoms with Crippen molar-refractivity contribution in [2.45, 2.75) is 43.4 Å². The highest BCUT2D eigenvalue weighted by Gasteiger charge is 2.37. The van der Waals surface area contributed by atoms with Crippen LogP contribution in [-0.2, 0) is 6.42 Å². The molecule has 0 aliphatic heterocycles. The lowest BCUT2D eigenvalue weighted by Crippen LogP contribution is -2.29. The summed E-state index contributed by atoms with van der Waals surface area (Å²) in [5.74, 6) is -2.65. The fraction of sp³-hybridized carbons (Fsp3) is 0.571. The number of alkyl halides is 3. The predicted octanol–water partition coefficient (Wildman–Crippen LogP) is 4.80. The molecule has 0 bridgehead atoms. The van der Waals surface area contributed by atoms with Crippen molar-refractivity contribution >= 4 is 11.6 Å². The number of hydrogen-bond donors (Lipinski definition) is 0. The van der Waals surface area contributed by atoms with E-state index in [1.54, 1.807) is 12.1 Å². The number of hydrogen-bond acceptors (Lipinski definition) is 0. The molecule has 1 unspecified atom stereocenters. The summed E-state index contributed by atoms with van der Waals surface area (Å²) in [7, 11) is 0. The van der Waals surface area contributed by atoms with Gasteiger partial charge in [-0.1, -0.05) is 12.1 Å². The van der Waals surface area contributed by atoms with E-state index in [0.29, 0.717) is 19.3 Å². The van der Waals surface area contributed by atoms with E-state index in [0.717, 1.165) is 5.56 Å². The summed E-state index contributed by atoms with van der Waals surface area (Å²) < 4.78 is 38.8. The Labute approximate surface area is 110 Å². The largest absolute Gasteiger partial charge is 0.248 e. The minimum absolute atomic E-state index is 0.0652. The lowest BCUT2D eigenvalue weighted by molar-refractivity contribution is -0.0459. The molecule has 0 aromatic heterocycles. The van der Waals surface area contributed by atoms with Crippen LogP contribution in [-0.4, -0.2) is 11.3 Å². The second kappa shape index (κ2) is 5.52. The van der Waals surface area contributed by atoms with Crippen molar-refractivity contribution in [3.63, 3.8) is 0 Å². The van der Waals surface area contributed by atoms with E-state index in [1.165, 1.54) is 12.1 Å². The first-order valence-electron chi connectivity index (χ1n) is 6.23. The zero-order valence-corrected chi connectivity index (χ0v) is 10.8. The normalized spacial score (nSPS) is 21.8. The highest BCUT2D eigenvalue weighted by molar-refractivity contribution is 6.20. The zero-order valence-electron chi connectivity index (χ0n) is 10.0. The Morgan fingerprint density at radius 3 is 2.28 bits per heavy atom. The molecule has 1 aromatic rings. The molecule has 0 saturated heterocycles. The fourth-order valence-electron chi connectivity index (χ4n) is 2.44. The standard InChI is InChI=1S/C14H16ClF3/c15-13(9-10-1-3-12(16)4-2-10)11-5-7-14(17,18)8-6-11/h1-4,11,13H,5-9H2. The molecule has 0 nitrogen and oxygen atoms in total. The van der Waals surface area contributed by atoms with Gasteiger partial charge in [0.25, 0.3) is 0 Å². The van der Waals surface area contributed by atoms with Crippen LogP contribution in [0.1, 0.15) is 31.2 Å². The Morgan fingerprint density at radius 1 is 1.17 bits per heavy atom. The first-order chi connectivity index (χ1) is 8.46. The third kappa shape index (κ3) is 3.64. The SMILES string of the molecule is Fc1ccc(CC(Cl)C2CCC(F)(F)CC2)cc1. The first-order valence-corrected chi connectivity index (χ1v) is 6.66. The number of halogens is 4. The van der Waals surface area contributed by atoms with Gasteiger partial charge in [0.05, 0.1) is 0 Å². The van der Waals surface area contributed by atoms with Crippen molar-refractivity contribution in [3.05, 3.63) is 35.6 Å². The molecule has 100 valence electrons. The molecule has 0 spiro atoms. The van der Waals surface area contributed by atoms with Crippen LogP contribution in [0.4, 0.5) is 13.2 Å². The summed E-state index contributed by atoms with van der Waals surface area (Å²) in [5, 5.41) is -0.147. The molecule has 1 fully saturated rings. The molecule has 0 radical (unpaired) electrons. The second-order valence-corrected chi connectivity index (χ2v) is 5.60. The van der Waals surface area contributed by atoms with Gasteiger partial charge in [-0.2, -0.15) is 0 Å². The predicted molar refractivity (Wildman–Crippen MR) is 66.7 cm³/mol. The smallest absolute Gasteiger partial charge is 0.207 e. The minimum atomic E-state index is -2.51. The summed E-state index contributed by atoms with van der Waals surface area (Å²) in [6.45, 7) is 0. The van der Waals surface area contributed by atoms with Crippen LogP contribution in [0.25, 0.3) is 0 Å². The van der Waals surface area contributed by atoms with Crippen molar-refractivity contribution < 1.29 is 13.2 Å². The molecular weight excluding hydrogens is 261 g/mol. The molecule has 4 heteroatoms. The third-order valence-corrected chi connectivity index (χ3v) is 4.13. The fourth-order valence-corrected chi connectivity index (χ4v) is 2.87. The minimum Gasteiger partial charge on any atom is -0.207 e. The maximum absolute atomic E-state index is 13.0. The van der Waals surface area contributed by atoms with E-state index >= 15 is 0 Å². The molecule has 1 aliphatic rings. The summed E-state index contributed by atoms with van der Waals surface area (Å²) in [5.41, 5.74) is 0.953. The maximum Gasteiger partial charge on any atom is 0.248 e. The molecule has 2 rings (SSSR count). The monoisotopic (exact) mass is 276 g/mol. The molecule has 1 aliphatic carbocycles. The average Bonchev–Trinajstić information content (AvgIpc) is 2.32. The first kappa shape index (κ1) is 13.7. The highest BCUT2D eigenvalue weighted by Crippen LogP contribution is 2.39. The van der Waals surface area contributed by atoms with E-state index in [1.807, 2.05) is 0 Å². The molecule has 0 N–H and O–H groups in total. The topological polar surface area (TPSA) is 0 Å². The Hall–Kier alpha value is -0.700. The Bertz CT molecular complexity index is 379. The van der Waals surface area contributed by atoms with Crippen molar-refractivity contribution in [2.75, 3.05) is 0 Å². The van der Waals surface area contributed by atoms with Crippen LogP contribution in [0, 0.1) is 11.7 Å². The Kier molecular flexibility index (Phi) is 4.21. The quantitative estimate of drug-likeness (QED) is 0.696. The Morgan fingerprint density at radius 2 is 1.72 bits per heavy atom. The van der Waals surface area contributed by atoms with Gasteiger partial charge >= 0.3 is 0 Å². The molecule has 0 amide bonds. The van der Waals surface area contributed by atoms with E-state index in [2.05, 4.69) is 0 Å². The van der Waals surface area contributed by atoms with Crippen molar-refractivity contribution in [1.82, 2.24) is 0 Å². The maximum atomic E-state index is 13.0.